The Kier molecular flexibility index (Phi) is 15.6. The third-order valence-corrected chi connectivity index (χ3v) is 9.60. The highest BCUT2D eigenvalue weighted by Gasteiger charge is 2.50. The van der Waals surface area contributed by atoms with Gasteiger partial charge in [0.25, 0.3) is 0 Å². The molecule has 1 N–H and O–H groups in total. The molecule has 2 heterocycles. The molecule has 294 valence electrons. The highest BCUT2D eigenvalue weighted by atomic mass is 16.8. The van der Waals surface area contributed by atoms with E-state index in [0.717, 1.165) is 35.1 Å². The first-order valence-electron chi connectivity index (χ1n) is 19.4. The molecule has 4 aromatic rings. The van der Waals surface area contributed by atoms with Gasteiger partial charge in [-0.25, -0.2) is 0 Å². The van der Waals surface area contributed by atoms with Gasteiger partial charge in [0.1, 0.15) is 42.7 Å². The van der Waals surface area contributed by atoms with Crippen LogP contribution in [0.25, 0.3) is 0 Å². The molecule has 6 rings (SSSR count). The Bertz CT molecular complexity index is 1670. The number of rotatable bonds is 20. The van der Waals surface area contributed by atoms with Gasteiger partial charge in [-0.15, -0.1) is 0 Å². The monoisotopic (exact) mass is 752 g/mol. The lowest BCUT2D eigenvalue weighted by atomic mass is 9.97. The van der Waals surface area contributed by atoms with E-state index in [4.69, 9.17) is 37.9 Å². The van der Waals surface area contributed by atoms with Crippen molar-refractivity contribution in [1.82, 2.24) is 0 Å². The van der Waals surface area contributed by atoms with Gasteiger partial charge in [-0.2, -0.15) is 0 Å². The normalized spacial score (nSPS) is 25.6. The van der Waals surface area contributed by atoms with Gasteiger partial charge in [-0.1, -0.05) is 147 Å². The third-order valence-electron chi connectivity index (χ3n) is 9.60. The van der Waals surface area contributed by atoms with Crippen molar-refractivity contribution in [1.29, 1.82) is 0 Å². The van der Waals surface area contributed by atoms with Crippen LogP contribution in [0.15, 0.2) is 133 Å². The van der Waals surface area contributed by atoms with Crippen molar-refractivity contribution in [3.63, 3.8) is 0 Å². The second-order valence-electron chi connectivity index (χ2n) is 14.5. The number of ether oxygens (including phenoxy) is 8. The van der Waals surface area contributed by atoms with Crippen LogP contribution in [0, 0.1) is 0 Å². The van der Waals surface area contributed by atoms with Crippen molar-refractivity contribution in [3.05, 3.63) is 156 Å². The van der Waals surface area contributed by atoms with Gasteiger partial charge < -0.3 is 43.0 Å². The smallest absolute Gasteiger partial charge is 0.187 e. The predicted octanol–water partition coefficient (Wildman–Crippen LogP) is 7.94. The number of hydrogen-bond acceptors (Lipinski definition) is 9. The Labute approximate surface area is 326 Å². The maximum absolute atomic E-state index is 11.6. The van der Waals surface area contributed by atoms with Crippen LogP contribution in [0.1, 0.15) is 55.9 Å². The maximum Gasteiger partial charge on any atom is 0.187 e. The SMILES string of the molecule is CCC/C=C/[C@H]1OC(C)(C)O[C@H]1[C@H](O)CO[C@H]1O[C@H](COCc2ccccc2)[C@H](OCc2ccccc2)[C@H](OCc2ccccc2)[C@H]1OCc1ccccc1. The lowest BCUT2D eigenvalue weighted by Gasteiger charge is -2.46. The molecule has 55 heavy (non-hydrogen) atoms. The Morgan fingerprint density at radius 3 is 1.65 bits per heavy atom. The number of allylic oxidation sites excluding steroid dienone is 1. The molecule has 9 heteroatoms. The fourth-order valence-corrected chi connectivity index (χ4v) is 6.83. The minimum absolute atomic E-state index is 0.101. The molecule has 0 aromatic heterocycles. The number of unbranched alkanes of at least 4 members (excludes halogenated alkanes) is 1. The Morgan fingerprint density at radius 1 is 0.636 bits per heavy atom. The van der Waals surface area contributed by atoms with Gasteiger partial charge in [-0.05, 0) is 42.5 Å². The van der Waals surface area contributed by atoms with Crippen LogP contribution >= 0.6 is 0 Å². The van der Waals surface area contributed by atoms with Crippen LogP contribution in [-0.2, 0) is 64.3 Å². The fraction of sp³-hybridized carbons (Fsp3) is 0.435. The largest absolute Gasteiger partial charge is 0.388 e. The van der Waals surface area contributed by atoms with E-state index in [1.807, 2.05) is 141 Å². The first kappa shape index (κ1) is 40.9. The molecule has 0 saturated carbocycles. The zero-order valence-electron chi connectivity index (χ0n) is 32.2. The van der Waals surface area contributed by atoms with Crippen LogP contribution in [0.4, 0.5) is 0 Å². The van der Waals surface area contributed by atoms with Crippen LogP contribution in [0.5, 0.6) is 0 Å². The second kappa shape index (κ2) is 21.0. The lowest BCUT2D eigenvalue weighted by Crippen LogP contribution is -2.62. The summed E-state index contributed by atoms with van der Waals surface area (Å²) in [6.07, 6.45) is 0.270. The summed E-state index contributed by atoms with van der Waals surface area (Å²) >= 11 is 0. The molecule has 0 aliphatic carbocycles. The molecule has 0 unspecified atom stereocenters. The first-order valence-corrected chi connectivity index (χ1v) is 19.4. The molecule has 0 radical (unpaired) electrons. The van der Waals surface area contributed by atoms with Crippen LogP contribution in [-0.4, -0.2) is 73.1 Å². The van der Waals surface area contributed by atoms with Gasteiger partial charge in [-0.3, -0.25) is 0 Å². The molecule has 4 aromatic carbocycles. The zero-order valence-corrected chi connectivity index (χ0v) is 32.2. The molecular formula is C46H56O9. The summed E-state index contributed by atoms with van der Waals surface area (Å²) in [4.78, 5) is 0. The lowest BCUT2D eigenvalue weighted by molar-refractivity contribution is -0.332. The Hall–Kier alpha value is -3.74. The van der Waals surface area contributed by atoms with E-state index in [9.17, 15) is 5.11 Å². The van der Waals surface area contributed by atoms with Gasteiger partial charge in [0.2, 0.25) is 0 Å². The van der Waals surface area contributed by atoms with E-state index in [0.29, 0.717) is 19.8 Å². The molecule has 0 amide bonds. The molecular weight excluding hydrogens is 696 g/mol. The minimum Gasteiger partial charge on any atom is -0.388 e. The van der Waals surface area contributed by atoms with Crippen LogP contribution in [0.3, 0.4) is 0 Å². The van der Waals surface area contributed by atoms with Gasteiger partial charge in [0.05, 0.1) is 39.6 Å². The van der Waals surface area contributed by atoms with Gasteiger partial charge in [0.15, 0.2) is 12.1 Å². The van der Waals surface area contributed by atoms with Crippen molar-refractivity contribution < 1.29 is 43.0 Å². The summed E-state index contributed by atoms with van der Waals surface area (Å²) in [6.45, 7) is 7.22. The van der Waals surface area contributed by atoms with E-state index >= 15 is 0 Å². The molecule has 0 spiro atoms. The van der Waals surface area contributed by atoms with Crippen molar-refractivity contribution >= 4 is 0 Å². The average molecular weight is 753 g/mol. The Morgan fingerprint density at radius 2 is 1.13 bits per heavy atom. The molecule has 0 bridgehead atoms. The van der Waals surface area contributed by atoms with Crippen molar-refractivity contribution in [3.8, 4) is 0 Å². The van der Waals surface area contributed by atoms with E-state index in [-0.39, 0.29) is 19.8 Å². The Balaban J connectivity index is 1.28. The summed E-state index contributed by atoms with van der Waals surface area (Å²) < 4.78 is 52.3. The topological polar surface area (TPSA) is 94.1 Å². The van der Waals surface area contributed by atoms with Crippen molar-refractivity contribution in [2.24, 2.45) is 0 Å². The van der Waals surface area contributed by atoms with Crippen LogP contribution in [0.2, 0.25) is 0 Å². The fourth-order valence-electron chi connectivity index (χ4n) is 6.83. The highest BCUT2D eigenvalue weighted by Crippen LogP contribution is 2.34. The standard InChI is InChI=1S/C46H56O9/c1-4-5-10-27-39-41(55-46(2,3)54-39)38(47)32-52-45-44(51-31-37-25-17-9-18-26-37)43(50-30-36-23-15-8-16-24-36)42(49-29-35-21-13-7-14-22-35)40(53-45)33-48-28-34-19-11-6-12-20-34/h6-27,38-45,47H,4-5,28-33H2,1-3H3/b27-10+/t38-,39-,40-,41+,42+,43+,44-,45+/m1/s1. The van der Waals surface area contributed by atoms with Crippen molar-refractivity contribution in [2.45, 2.75) is 115 Å². The van der Waals surface area contributed by atoms with Crippen molar-refractivity contribution in [2.75, 3.05) is 13.2 Å². The van der Waals surface area contributed by atoms with E-state index in [2.05, 4.69) is 13.0 Å². The van der Waals surface area contributed by atoms with E-state index < -0.39 is 54.8 Å². The number of benzene rings is 4. The average Bonchev–Trinajstić information content (AvgIpc) is 3.53. The van der Waals surface area contributed by atoms with Gasteiger partial charge >= 0.3 is 0 Å². The van der Waals surface area contributed by atoms with E-state index in [1.54, 1.807) is 0 Å². The summed E-state index contributed by atoms with van der Waals surface area (Å²) in [7, 11) is 0. The second-order valence-corrected chi connectivity index (χ2v) is 14.5. The molecule has 9 nitrogen and oxygen atoms in total. The quantitative estimate of drug-likeness (QED) is 0.0904. The summed E-state index contributed by atoms with van der Waals surface area (Å²) in [5.74, 6) is -0.865. The molecule has 2 aliphatic rings. The zero-order chi connectivity index (χ0) is 38.3. The number of aliphatic hydroxyl groups is 1. The van der Waals surface area contributed by atoms with Crippen LogP contribution < -0.4 is 0 Å². The maximum atomic E-state index is 11.6. The summed E-state index contributed by atoms with van der Waals surface area (Å²) in [5, 5.41) is 11.6. The first-order chi connectivity index (χ1) is 26.9. The van der Waals surface area contributed by atoms with Gasteiger partial charge in [0, 0.05) is 0 Å². The van der Waals surface area contributed by atoms with E-state index in [1.165, 1.54) is 0 Å². The summed E-state index contributed by atoms with van der Waals surface area (Å²) in [6, 6.07) is 40.0. The number of hydrogen-bond donors (Lipinski definition) is 1. The third kappa shape index (κ3) is 12.4. The molecule has 2 aliphatic heterocycles. The highest BCUT2D eigenvalue weighted by molar-refractivity contribution is 5.16. The minimum atomic E-state index is -1.03. The number of aliphatic hydroxyl groups excluding tert-OH is 1. The molecule has 2 fully saturated rings. The molecule has 2 saturated heterocycles. The summed E-state index contributed by atoms with van der Waals surface area (Å²) in [5.41, 5.74) is 4.05. The predicted molar refractivity (Wildman–Crippen MR) is 210 cm³/mol. The molecule has 8 atom stereocenters.